The number of hydrogen-bond acceptors (Lipinski definition) is 2. The van der Waals surface area contributed by atoms with Crippen molar-refractivity contribution >= 4 is 24.2 Å². The molecule has 0 saturated carbocycles. The van der Waals surface area contributed by atoms with Gasteiger partial charge in [-0.2, -0.15) is 0 Å². The van der Waals surface area contributed by atoms with Crippen LogP contribution in [0.3, 0.4) is 0 Å². The first-order chi connectivity index (χ1) is 10.7. The van der Waals surface area contributed by atoms with Gasteiger partial charge in [0.2, 0.25) is 0 Å². The van der Waals surface area contributed by atoms with Crippen molar-refractivity contribution in [1.82, 2.24) is 5.32 Å². The van der Waals surface area contributed by atoms with Crippen molar-refractivity contribution in [1.29, 1.82) is 0 Å². The van der Waals surface area contributed by atoms with Crippen LogP contribution >= 0.6 is 24.2 Å². The largest absolute Gasteiger partial charge is 0.303 e. The van der Waals surface area contributed by atoms with Crippen molar-refractivity contribution in [3.8, 4) is 0 Å². The third-order valence-electron chi connectivity index (χ3n) is 4.75. The molecule has 0 amide bonds. The number of hydrogen-bond donors (Lipinski definition) is 1. The molecule has 0 aromatic heterocycles. The van der Waals surface area contributed by atoms with Crippen molar-refractivity contribution in [3.05, 3.63) is 65.7 Å². The van der Waals surface area contributed by atoms with Gasteiger partial charge in [-0.05, 0) is 30.0 Å². The molecule has 1 N–H and O–H groups in total. The standard InChI is InChI=1S/C20H25NS.ClH/c1-4-14(2)20-15(3)21-19(16-10-6-5-7-11-16)17-12-8-9-13-18(17)22-20;/h5-15,19-21H,4H2,1-3H3;1H. The van der Waals surface area contributed by atoms with Gasteiger partial charge in [-0.1, -0.05) is 68.8 Å². The third-order valence-corrected chi connectivity index (χ3v) is 6.52. The first kappa shape index (κ1) is 18.4. The van der Waals surface area contributed by atoms with E-state index >= 15 is 0 Å². The molecule has 0 spiro atoms. The quantitative estimate of drug-likeness (QED) is 0.764. The summed E-state index contributed by atoms with van der Waals surface area (Å²) in [4.78, 5) is 1.43. The number of nitrogens with one attached hydrogen (secondary N) is 1. The van der Waals surface area contributed by atoms with Gasteiger partial charge < -0.3 is 5.32 Å². The maximum atomic E-state index is 3.90. The summed E-state index contributed by atoms with van der Waals surface area (Å²) in [5, 5.41) is 4.51. The Labute approximate surface area is 150 Å². The molecule has 3 rings (SSSR count). The lowest BCUT2D eigenvalue weighted by Gasteiger charge is -2.29. The smallest absolute Gasteiger partial charge is 0.0590 e. The van der Waals surface area contributed by atoms with Crippen LogP contribution in [0.4, 0.5) is 0 Å². The Balaban J connectivity index is 0.00000192. The minimum Gasteiger partial charge on any atom is -0.303 e. The van der Waals surface area contributed by atoms with Crippen LogP contribution in [-0.2, 0) is 0 Å². The van der Waals surface area contributed by atoms with Gasteiger partial charge in [0, 0.05) is 16.2 Å². The predicted octanol–water partition coefficient (Wildman–Crippen LogP) is 5.70. The second kappa shape index (κ2) is 8.23. The molecular formula is C20H26ClNS. The van der Waals surface area contributed by atoms with Crippen LogP contribution in [0.2, 0.25) is 0 Å². The van der Waals surface area contributed by atoms with E-state index in [2.05, 4.69) is 92.4 Å². The van der Waals surface area contributed by atoms with Crippen molar-refractivity contribution in [2.45, 2.75) is 49.4 Å². The van der Waals surface area contributed by atoms with E-state index in [1.807, 2.05) is 0 Å². The monoisotopic (exact) mass is 347 g/mol. The van der Waals surface area contributed by atoms with E-state index in [1.54, 1.807) is 0 Å². The van der Waals surface area contributed by atoms with E-state index in [9.17, 15) is 0 Å². The fraction of sp³-hybridized carbons (Fsp3) is 0.400. The Hall–Kier alpha value is -0.960. The van der Waals surface area contributed by atoms with Gasteiger partial charge >= 0.3 is 0 Å². The normalized spacial score (nSPS) is 24.9. The highest BCUT2D eigenvalue weighted by Gasteiger charge is 2.31. The van der Waals surface area contributed by atoms with E-state index in [1.165, 1.54) is 22.4 Å². The molecule has 0 radical (unpaired) electrons. The number of fused-ring (bicyclic) bond motifs is 1. The molecule has 4 atom stereocenters. The third kappa shape index (κ3) is 3.93. The summed E-state index contributed by atoms with van der Waals surface area (Å²) >= 11 is 2.05. The fourth-order valence-electron chi connectivity index (χ4n) is 3.29. The molecule has 124 valence electrons. The number of benzene rings is 2. The van der Waals surface area contributed by atoms with Crippen LogP contribution in [0.15, 0.2) is 59.5 Å². The van der Waals surface area contributed by atoms with Crippen LogP contribution in [0.25, 0.3) is 0 Å². The molecule has 23 heavy (non-hydrogen) atoms. The first-order valence-corrected chi connectivity index (χ1v) is 9.15. The van der Waals surface area contributed by atoms with E-state index in [0.717, 1.165) is 0 Å². The van der Waals surface area contributed by atoms with Crippen molar-refractivity contribution in [3.63, 3.8) is 0 Å². The minimum atomic E-state index is 0. The lowest BCUT2D eigenvalue weighted by Crippen LogP contribution is -2.39. The highest BCUT2D eigenvalue weighted by molar-refractivity contribution is 8.00. The molecule has 1 heterocycles. The van der Waals surface area contributed by atoms with Gasteiger partial charge in [-0.25, -0.2) is 0 Å². The SMILES string of the molecule is CCC(C)C1Sc2ccccc2C(c2ccccc2)NC1C.Cl. The molecule has 1 aliphatic rings. The summed E-state index contributed by atoms with van der Waals surface area (Å²) < 4.78 is 0. The van der Waals surface area contributed by atoms with Gasteiger partial charge in [0.25, 0.3) is 0 Å². The molecule has 0 aliphatic carbocycles. The van der Waals surface area contributed by atoms with E-state index < -0.39 is 0 Å². The minimum absolute atomic E-state index is 0. The van der Waals surface area contributed by atoms with E-state index in [-0.39, 0.29) is 18.4 Å². The number of halogens is 1. The summed E-state index contributed by atoms with van der Waals surface area (Å²) in [5.74, 6) is 0.704. The molecule has 4 unspecified atom stereocenters. The molecule has 1 aliphatic heterocycles. The van der Waals surface area contributed by atoms with Crippen LogP contribution in [-0.4, -0.2) is 11.3 Å². The number of rotatable bonds is 3. The van der Waals surface area contributed by atoms with Crippen LogP contribution in [0.5, 0.6) is 0 Å². The summed E-state index contributed by atoms with van der Waals surface area (Å²) in [6.45, 7) is 7.01. The topological polar surface area (TPSA) is 12.0 Å². The summed E-state index contributed by atoms with van der Waals surface area (Å²) in [7, 11) is 0. The Kier molecular flexibility index (Phi) is 6.58. The molecular weight excluding hydrogens is 322 g/mol. The van der Waals surface area contributed by atoms with Crippen molar-refractivity contribution in [2.24, 2.45) is 5.92 Å². The maximum Gasteiger partial charge on any atom is 0.0590 e. The van der Waals surface area contributed by atoms with E-state index in [4.69, 9.17) is 0 Å². The first-order valence-electron chi connectivity index (χ1n) is 8.27. The van der Waals surface area contributed by atoms with Crippen molar-refractivity contribution in [2.75, 3.05) is 0 Å². The second-order valence-electron chi connectivity index (χ2n) is 6.30. The van der Waals surface area contributed by atoms with Crippen LogP contribution < -0.4 is 5.32 Å². The van der Waals surface area contributed by atoms with Gasteiger partial charge in [-0.15, -0.1) is 24.2 Å². The average Bonchev–Trinajstić information content (AvgIpc) is 2.72. The van der Waals surface area contributed by atoms with Gasteiger partial charge in [0.1, 0.15) is 0 Å². The van der Waals surface area contributed by atoms with E-state index in [0.29, 0.717) is 17.2 Å². The van der Waals surface area contributed by atoms with Gasteiger partial charge in [-0.3, -0.25) is 0 Å². The zero-order valence-electron chi connectivity index (χ0n) is 14.0. The van der Waals surface area contributed by atoms with Crippen LogP contribution in [0.1, 0.15) is 44.4 Å². The summed E-state index contributed by atoms with van der Waals surface area (Å²) in [6.07, 6.45) is 1.22. The highest BCUT2D eigenvalue weighted by atomic mass is 35.5. The zero-order chi connectivity index (χ0) is 15.5. The van der Waals surface area contributed by atoms with Gasteiger partial charge in [0.05, 0.1) is 6.04 Å². The summed E-state index contributed by atoms with van der Waals surface area (Å²) in [6, 6.07) is 20.5. The Morgan fingerprint density at radius 3 is 2.39 bits per heavy atom. The lowest BCUT2D eigenvalue weighted by atomic mass is 9.95. The molecule has 2 aromatic carbocycles. The zero-order valence-corrected chi connectivity index (χ0v) is 15.7. The second-order valence-corrected chi connectivity index (χ2v) is 7.52. The molecule has 0 saturated heterocycles. The van der Waals surface area contributed by atoms with Crippen LogP contribution in [0, 0.1) is 5.92 Å². The molecule has 2 aromatic rings. The highest BCUT2D eigenvalue weighted by Crippen LogP contribution is 2.41. The maximum absolute atomic E-state index is 3.90. The predicted molar refractivity (Wildman–Crippen MR) is 104 cm³/mol. The number of thioether (sulfide) groups is 1. The summed E-state index contributed by atoms with van der Waals surface area (Å²) in [5.41, 5.74) is 2.77. The Morgan fingerprint density at radius 2 is 1.70 bits per heavy atom. The average molecular weight is 348 g/mol. The fourth-order valence-corrected chi connectivity index (χ4v) is 4.76. The molecule has 0 bridgehead atoms. The molecule has 3 heteroatoms. The van der Waals surface area contributed by atoms with Gasteiger partial charge in [0.15, 0.2) is 0 Å². The molecule has 0 fully saturated rings. The Bertz CT molecular complexity index is 616. The lowest BCUT2D eigenvalue weighted by molar-refractivity contribution is 0.410. The van der Waals surface area contributed by atoms with Crippen molar-refractivity contribution < 1.29 is 0 Å². The molecule has 1 nitrogen and oxygen atoms in total. The Morgan fingerprint density at radius 1 is 1.04 bits per heavy atom.